The van der Waals surface area contributed by atoms with Crippen LogP contribution in [0.3, 0.4) is 0 Å². The minimum absolute atomic E-state index is 0. The summed E-state index contributed by atoms with van der Waals surface area (Å²) in [5.74, 6) is 0.136. The van der Waals surface area contributed by atoms with E-state index in [1.807, 2.05) is 13.8 Å². The third-order valence-electron chi connectivity index (χ3n) is 3.66. The Labute approximate surface area is 156 Å². The molecule has 0 fully saturated rings. The highest BCUT2D eigenvalue weighted by atomic mass is 35.5. The molecule has 1 amide bonds. The molecule has 0 aliphatic heterocycles. The zero-order valence-electron chi connectivity index (χ0n) is 15.3. The average molecular weight is 394 g/mol. The van der Waals surface area contributed by atoms with Crippen LogP contribution in [0.25, 0.3) is 0 Å². The van der Waals surface area contributed by atoms with Gasteiger partial charge >= 0.3 is 0 Å². The number of likely N-dealkylation sites (N-methyl/N-ethyl adjacent to an activating group) is 2. The predicted octanol–water partition coefficient (Wildman–Crippen LogP) is 1.10. The Morgan fingerprint density at radius 2 is 1.80 bits per heavy atom. The standard InChI is InChI=1S/C16H27N3O4S.ClH/c1-12(2)15(16(20)19(4)11-10-17-3)18-24(21,22)14-8-6-13(23-5)7-9-14;/h6-9,12,15,17-18H,10-11H2,1-5H3;1H. The molecule has 7 nitrogen and oxygen atoms in total. The van der Waals surface area contributed by atoms with Gasteiger partial charge in [-0.1, -0.05) is 13.8 Å². The minimum Gasteiger partial charge on any atom is -0.497 e. The Kier molecular flexibility index (Phi) is 10.0. The molecule has 1 aromatic carbocycles. The number of amides is 1. The molecule has 0 aromatic heterocycles. The molecule has 0 saturated carbocycles. The first kappa shape index (κ1) is 23.6. The van der Waals surface area contributed by atoms with Crippen molar-refractivity contribution in [3.8, 4) is 5.75 Å². The van der Waals surface area contributed by atoms with E-state index in [0.717, 1.165) is 0 Å². The van der Waals surface area contributed by atoms with Crippen molar-refractivity contribution in [2.24, 2.45) is 5.92 Å². The van der Waals surface area contributed by atoms with Crippen LogP contribution in [0.2, 0.25) is 0 Å². The van der Waals surface area contributed by atoms with Crippen LogP contribution in [-0.2, 0) is 14.8 Å². The van der Waals surface area contributed by atoms with Gasteiger partial charge in [-0.05, 0) is 37.2 Å². The van der Waals surface area contributed by atoms with Crippen LogP contribution in [0.5, 0.6) is 5.75 Å². The lowest BCUT2D eigenvalue weighted by Gasteiger charge is -2.27. The minimum atomic E-state index is -3.80. The van der Waals surface area contributed by atoms with Crippen LogP contribution in [0.15, 0.2) is 29.2 Å². The molecule has 25 heavy (non-hydrogen) atoms. The summed E-state index contributed by atoms with van der Waals surface area (Å²) in [6.07, 6.45) is 0. The van der Waals surface area contributed by atoms with Crippen LogP contribution in [0.1, 0.15) is 13.8 Å². The maximum atomic E-state index is 12.6. The SMILES string of the molecule is CNCCN(C)C(=O)C(NS(=O)(=O)c1ccc(OC)cc1)C(C)C.Cl. The van der Waals surface area contributed by atoms with E-state index in [4.69, 9.17) is 4.74 Å². The Bertz CT molecular complexity index is 635. The molecule has 9 heteroatoms. The number of nitrogens with zero attached hydrogens (tertiary/aromatic N) is 1. The first-order chi connectivity index (χ1) is 11.2. The summed E-state index contributed by atoms with van der Waals surface area (Å²) < 4.78 is 32.7. The molecule has 0 saturated heterocycles. The molecule has 2 N–H and O–H groups in total. The number of carbonyl (C=O) groups excluding carboxylic acids is 1. The average Bonchev–Trinajstić information content (AvgIpc) is 2.56. The second kappa shape index (κ2) is 10.6. The lowest BCUT2D eigenvalue weighted by atomic mass is 10.0. The van der Waals surface area contributed by atoms with E-state index in [2.05, 4.69) is 10.0 Å². The van der Waals surface area contributed by atoms with Gasteiger partial charge in [0.1, 0.15) is 11.8 Å². The number of carbonyl (C=O) groups is 1. The van der Waals surface area contributed by atoms with Crippen LogP contribution < -0.4 is 14.8 Å². The number of sulfonamides is 1. The van der Waals surface area contributed by atoms with Gasteiger partial charge in [0.05, 0.1) is 12.0 Å². The van der Waals surface area contributed by atoms with Gasteiger partial charge in [-0.3, -0.25) is 4.79 Å². The molecular weight excluding hydrogens is 366 g/mol. The maximum Gasteiger partial charge on any atom is 0.241 e. The van der Waals surface area contributed by atoms with Crippen molar-refractivity contribution in [1.29, 1.82) is 0 Å². The monoisotopic (exact) mass is 393 g/mol. The topological polar surface area (TPSA) is 87.7 Å². The van der Waals surface area contributed by atoms with E-state index in [-0.39, 0.29) is 29.1 Å². The van der Waals surface area contributed by atoms with Crippen molar-refractivity contribution in [3.05, 3.63) is 24.3 Å². The lowest BCUT2D eigenvalue weighted by Crippen LogP contribution is -2.51. The molecule has 0 aliphatic carbocycles. The molecule has 1 aromatic rings. The fraction of sp³-hybridized carbons (Fsp3) is 0.562. The number of nitrogens with one attached hydrogen (secondary N) is 2. The summed E-state index contributed by atoms with van der Waals surface area (Å²) in [5.41, 5.74) is 0. The summed E-state index contributed by atoms with van der Waals surface area (Å²) in [6, 6.07) is 5.22. The molecule has 0 radical (unpaired) electrons. The van der Waals surface area contributed by atoms with Crippen molar-refractivity contribution < 1.29 is 17.9 Å². The molecule has 0 heterocycles. The highest BCUT2D eigenvalue weighted by Crippen LogP contribution is 2.17. The number of methoxy groups -OCH3 is 1. The molecule has 0 bridgehead atoms. The second-order valence-corrected chi connectivity index (χ2v) is 7.60. The molecule has 1 rings (SSSR count). The fourth-order valence-corrected chi connectivity index (χ4v) is 3.43. The van der Waals surface area contributed by atoms with Crippen molar-refractivity contribution in [2.45, 2.75) is 24.8 Å². The highest BCUT2D eigenvalue weighted by Gasteiger charge is 2.30. The van der Waals surface area contributed by atoms with E-state index in [1.165, 1.54) is 24.1 Å². The van der Waals surface area contributed by atoms with E-state index < -0.39 is 16.1 Å². The smallest absolute Gasteiger partial charge is 0.241 e. The largest absolute Gasteiger partial charge is 0.497 e. The van der Waals surface area contributed by atoms with Gasteiger partial charge in [-0.25, -0.2) is 8.42 Å². The van der Waals surface area contributed by atoms with Gasteiger partial charge in [-0.15, -0.1) is 12.4 Å². The summed E-state index contributed by atoms with van der Waals surface area (Å²) in [6.45, 7) is 4.76. The quantitative estimate of drug-likeness (QED) is 0.656. The van der Waals surface area contributed by atoms with Gasteiger partial charge in [-0.2, -0.15) is 4.72 Å². The first-order valence-corrected chi connectivity index (χ1v) is 9.27. The van der Waals surface area contributed by atoms with Crippen LogP contribution in [0, 0.1) is 5.92 Å². The van der Waals surface area contributed by atoms with Gasteiger partial charge in [0, 0.05) is 20.1 Å². The predicted molar refractivity (Wildman–Crippen MR) is 101 cm³/mol. The van der Waals surface area contributed by atoms with Crippen molar-refractivity contribution in [3.63, 3.8) is 0 Å². The lowest BCUT2D eigenvalue weighted by molar-refractivity contribution is -0.132. The van der Waals surface area contributed by atoms with Gasteiger partial charge in [0.2, 0.25) is 15.9 Å². The number of benzene rings is 1. The molecular formula is C16H28ClN3O4S. The van der Waals surface area contributed by atoms with Gasteiger partial charge in [0.15, 0.2) is 0 Å². The molecule has 1 atom stereocenters. The normalized spacial score (nSPS) is 12.4. The Balaban J connectivity index is 0.00000576. The number of rotatable bonds is 9. The number of hydrogen-bond donors (Lipinski definition) is 2. The van der Waals surface area contributed by atoms with E-state index in [9.17, 15) is 13.2 Å². The zero-order chi connectivity index (χ0) is 18.3. The molecule has 1 unspecified atom stereocenters. The Morgan fingerprint density at radius 3 is 2.24 bits per heavy atom. The maximum absolute atomic E-state index is 12.6. The van der Waals surface area contributed by atoms with E-state index >= 15 is 0 Å². The van der Waals surface area contributed by atoms with Crippen LogP contribution in [-0.4, -0.2) is 59.6 Å². The number of ether oxygens (including phenoxy) is 1. The summed E-state index contributed by atoms with van der Waals surface area (Å²) in [4.78, 5) is 14.2. The summed E-state index contributed by atoms with van der Waals surface area (Å²) >= 11 is 0. The highest BCUT2D eigenvalue weighted by molar-refractivity contribution is 7.89. The van der Waals surface area contributed by atoms with Crippen molar-refractivity contribution in [2.75, 3.05) is 34.3 Å². The van der Waals surface area contributed by atoms with Crippen molar-refractivity contribution in [1.82, 2.24) is 14.9 Å². The van der Waals surface area contributed by atoms with E-state index in [0.29, 0.717) is 18.8 Å². The number of halogens is 1. The van der Waals surface area contributed by atoms with Gasteiger partial charge < -0.3 is 15.0 Å². The fourth-order valence-electron chi connectivity index (χ4n) is 2.09. The summed E-state index contributed by atoms with van der Waals surface area (Å²) in [5, 5.41) is 2.96. The third-order valence-corrected chi connectivity index (χ3v) is 5.12. The van der Waals surface area contributed by atoms with E-state index in [1.54, 1.807) is 26.2 Å². The first-order valence-electron chi connectivity index (χ1n) is 7.79. The van der Waals surface area contributed by atoms with Crippen LogP contribution >= 0.6 is 12.4 Å². The number of hydrogen-bond acceptors (Lipinski definition) is 5. The molecule has 144 valence electrons. The third kappa shape index (κ3) is 6.81. The van der Waals surface area contributed by atoms with Gasteiger partial charge in [0.25, 0.3) is 0 Å². The molecule has 0 aliphatic rings. The molecule has 0 spiro atoms. The van der Waals surface area contributed by atoms with Crippen LogP contribution in [0.4, 0.5) is 0 Å². The second-order valence-electron chi connectivity index (χ2n) is 5.88. The van der Waals surface area contributed by atoms with Crippen molar-refractivity contribution >= 4 is 28.3 Å². The Hall–Kier alpha value is -1.35. The Morgan fingerprint density at radius 1 is 1.24 bits per heavy atom. The summed E-state index contributed by atoms with van der Waals surface area (Å²) in [7, 11) is 1.17. The zero-order valence-corrected chi connectivity index (χ0v) is 16.9.